The van der Waals surface area contributed by atoms with E-state index in [-0.39, 0.29) is 5.75 Å². The third kappa shape index (κ3) is 5.26. The normalized spacial score (nSPS) is 13.8. The first-order valence-corrected chi connectivity index (χ1v) is 11.8. The fourth-order valence-corrected chi connectivity index (χ4v) is 4.97. The molecule has 156 valence electrons. The van der Waals surface area contributed by atoms with E-state index >= 15 is 0 Å². The summed E-state index contributed by atoms with van der Waals surface area (Å²) in [5.74, 6) is -0.653. The van der Waals surface area contributed by atoms with Crippen LogP contribution in [0.4, 0.5) is 10.1 Å². The summed E-state index contributed by atoms with van der Waals surface area (Å²) >= 11 is 0. The molecule has 4 nitrogen and oxygen atoms in total. The lowest BCUT2D eigenvalue weighted by molar-refractivity contribution is 0.580. The summed E-state index contributed by atoms with van der Waals surface area (Å²) in [5, 5.41) is 0. The van der Waals surface area contributed by atoms with Gasteiger partial charge in [-0.05, 0) is 59.4 Å². The van der Waals surface area contributed by atoms with Crippen LogP contribution in [0.1, 0.15) is 22.3 Å². The van der Waals surface area contributed by atoms with Gasteiger partial charge in [-0.2, -0.15) is 0 Å². The second-order valence-corrected chi connectivity index (χ2v) is 9.45. The van der Waals surface area contributed by atoms with E-state index in [2.05, 4.69) is 58.2 Å². The average Bonchev–Trinajstić information content (AvgIpc) is 2.73. The second kappa shape index (κ2) is 8.98. The molecular formula is C24H25FN2O2S. The third-order valence-electron chi connectivity index (χ3n) is 5.41. The van der Waals surface area contributed by atoms with E-state index in [4.69, 9.17) is 0 Å². The molecule has 1 heterocycles. The van der Waals surface area contributed by atoms with Crippen molar-refractivity contribution >= 4 is 15.7 Å². The smallest absolute Gasteiger partial charge is 0.215 e. The monoisotopic (exact) mass is 424 g/mol. The molecule has 4 rings (SSSR count). The lowest BCUT2D eigenvalue weighted by atomic mass is 9.99. The van der Waals surface area contributed by atoms with Gasteiger partial charge in [0.05, 0.1) is 5.75 Å². The van der Waals surface area contributed by atoms with Crippen LogP contribution in [0.15, 0.2) is 72.8 Å². The maximum absolute atomic E-state index is 13.2. The van der Waals surface area contributed by atoms with Crippen LogP contribution in [0.3, 0.4) is 0 Å². The van der Waals surface area contributed by atoms with Gasteiger partial charge >= 0.3 is 0 Å². The van der Waals surface area contributed by atoms with E-state index in [1.54, 1.807) is 6.07 Å². The van der Waals surface area contributed by atoms with Crippen molar-refractivity contribution in [3.05, 3.63) is 101 Å². The maximum atomic E-state index is 13.2. The first-order valence-electron chi connectivity index (χ1n) is 10.1. The number of fused-ring (bicyclic) bond motifs is 1. The highest BCUT2D eigenvalue weighted by Gasteiger charge is 2.16. The average molecular weight is 425 g/mol. The Bertz CT molecular complexity index is 1110. The third-order valence-corrected chi connectivity index (χ3v) is 6.77. The number of nitrogens with zero attached hydrogens (tertiary/aromatic N) is 1. The van der Waals surface area contributed by atoms with E-state index in [1.165, 1.54) is 35.0 Å². The quantitative estimate of drug-likeness (QED) is 0.623. The van der Waals surface area contributed by atoms with Gasteiger partial charge in [-0.15, -0.1) is 0 Å². The van der Waals surface area contributed by atoms with Crippen molar-refractivity contribution in [2.24, 2.45) is 0 Å². The zero-order valence-electron chi connectivity index (χ0n) is 16.7. The van der Waals surface area contributed by atoms with E-state index < -0.39 is 15.8 Å². The lowest BCUT2D eigenvalue weighted by Gasteiger charge is -2.30. The number of hydrogen-bond donors (Lipinski definition) is 1. The van der Waals surface area contributed by atoms with Crippen molar-refractivity contribution in [1.82, 2.24) is 4.72 Å². The molecule has 1 N–H and O–H groups in total. The van der Waals surface area contributed by atoms with Gasteiger partial charge in [0.1, 0.15) is 5.82 Å². The van der Waals surface area contributed by atoms with Crippen molar-refractivity contribution in [2.45, 2.75) is 25.1 Å². The number of halogens is 1. The molecule has 30 heavy (non-hydrogen) atoms. The van der Waals surface area contributed by atoms with Crippen LogP contribution in [0.5, 0.6) is 0 Å². The molecule has 0 fully saturated rings. The Labute approximate surface area is 177 Å². The summed E-state index contributed by atoms with van der Waals surface area (Å²) in [7, 11) is -3.50. The molecule has 3 aromatic rings. The molecule has 6 heteroatoms. The van der Waals surface area contributed by atoms with Crippen molar-refractivity contribution in [1.29, 1.82) is 0 Å². The molecule has 0 saturated carbocycles. The molecule has 0 aliphatic carbocycles. The van der Waals surface area contributed by atoms with E-state index in [9.17, 15) is 12.8 Å². The molecule has 0 saturated heterocycles. The number of sulfonamides is 1. The summed E-state index contributed by atoms with van der Waals surface area (Å²) in [5.41, 5.74) is 5.50. The Kier molecular flexibility index (Phi) is 6.16. The van der Waals surface area contributed by atoms with Gasteiger partial charge in [0.2, 0.25) is 10.0 Å². The molecule has 0 spiro atoms. The molecule has 0 amide bonds. The molecule has 1 aliphatic heterocycles. The molecule has 0 aromatic heterocycles. The minimum atomic E-state index is -3.50. The van der Waals surface area contributed by atoms with Gasteiger partial charge in [0.15, 0.2) is 0 Å². The van der Waals surface area contributed by atoms with Crippen molar-refractivity contribution < 1.29 is 12.8 Å². The Morgan fingerprint density at radius 1 is 0.900 bits per heavy atom. The fraction of sp³-hybridized carbons (Fsp3) is 0.250. The highest BCUT2D eigenvalue weighted by molar-refractivity contribution is 7.88. The topological polar surface area (TPSA) is 49.4 Å². The highest BCUT2D eigenvalue weighted by Crippen LogP contribution is 2.24. The number of anilines is 1. The Balaban J connectivity index is 1.30. The lowest BCUT2D eigenvalue weighted by Crippen LogP contribution is -2.30. The van der Waals surface area contributed by atoms with Crippen LogP contribution in [0.2, 0.25) is 0 Å². The van der Waals surface area contributed by atoms with Gasteiger partial charge in [-0.1, -0.05) is 48.5 Å². The molecule has 0 unspecified atom stereocenters. The van der Waals surface area contributed by atoms with E-state index in [0.29, 0.717) is 18.5 Å². The molecule has 0 radical (unpaired) electrons. The minimum absolute atomic E-state index is 0.222. The van der Waals surface area contributed by atoms with Crippen LogP contribution in [0.25, 0.3) is 0 Å². The van der Waals surface area contributed by atoms with Crippen LogP contribution in [-0.4, -0.2) is 21.5 Å². The first kappa shape index (κ1) is 20.6. The van der Waals surface area contributed by atoms with E-state index in [1.807, 2.05) is 0 Å². The first-order chi connectivity index (χ1) is 14.5. The van der Waals surface area contributed by atoms with Gasteiger partial charge in [0, 0.05) is 25.3 Å². The van der Waals surface area contributed by atoms with Crippen molar-refractivity contribution in [3.63, 3.8) is 0 Å². The maximum Gasteiger partial charge on any atom is 0.215 e. The zero-order chi connectivity index (χ0) is 21.0. The summed E-state index contributed by atoms with van der Waals surface area (Å²) in [6, 6.07) is 22.5. The van der Waals surface area contributed by atoms with Gasteiger partial charge in [0.25, 0.3) is 0 Å². The predicted molar refractivity (Wildman–Crippen MR) is 118 cm³/mol. The SMILES string of the molecule is O=S(=O)(Cc1cccc(F)c1)NCCc1ccc(N2CCc3ccccc3C2)cc1. The van der Waals surface area contributed by atoms with Gasteiger partial charge in [-0.3, -0.25) is 0 Å². The Hall–Kier alpha value is -2.70. The number of rotatable bonds is 7. The van der Waals surface area contributed by atoms with Crippen LogP contribution < -0.4 is 9.62 Å². The molecule has 3 aromatic carbocycles. The molecular weight excluding hydrogens is 399 g/mol. The molecule has 0 atom stereocenters. The summed E-state index contributed by atoms with van der Waals surface area (Å²) in [6.45, 7) is 2.22. The second-order valence-electron chi connectivity index (χ2n) is 7.64. The fourth-order valence-electron chi connectivity index (χ4n) is 3.84. The van der Waals surface area contributed by atoms with Crippen LogP contribution in [0, 0.1) is 5.82 Å². The highest BCUT2D eigenvalue weighted by atomic mass is 32.2. The van der Waals surface area contributed by atoms with E-state index in [0.717, 1.165) is 25.1 Å². The largest absolute Gasteiger partial charge is 0.367 e. The predicted octanol–water partition coefficient (Wildman–Crippen LogP) is 4.05. The summed E-state index contributed by atoms with van der Waals surface area (Å²) < 4.78 is 40.3. The number of benzene rings is 3. The summed E-state index contributed by atoms with van der Waals surface area (Å²) in [4.78, 5) is 2.37. The van der Waals surface area contributed by atoms with Gasteiger partial charge < -0.3 is 4.90 Å². The Morgan fingerprint density at radius 3 is 2.43 bits per heavy atom. The minimum Gasteiger partial charge on any atom is -0.367 e. The van der Waals surface area contributed by atoms with Crippen LogP contribution in [-0.2, 0) is 35.2 Å². The Morgan fingerprint density at radius 2 is 1.67 bits per heavy atom. The van der Waals surface area contributed by atoms with Gasteiger partial charge in [-0.25, -0.2) is 17.5 Å². The standard InChI is InChI=1S/C24H25FN2O2S/c25-23-7-3-4-20(16-23)18-30(28,29)26-14-12-19-8-10-24(11-9-19)27-15-13-21-5-1-2-6-22(21)17-27/h1-11,16,26H,12-15,17-18H2. The van der Waals surface area contributed by atoms with Crippen molar-refractivity contribution in [2.75, 3.05) is 18.0 Å². The van der Waals surface area contributed by atoms with Crippen LogP contribution >= 0.6 is 0 Å². The zero-order valence-corrected chi connectivity index (χ0v) is 17.5. The molecule has 1 aliphatic rings. The molecule has 0 bridgehead atoms. The summed E-state index contributed by atoms with van der Waals surface area (Å²) in [6.07, 6.45) is 1.65. The number of hydrogen-bond acceptors (Lipinski definition) is 3. The number of nitrogens with one attached hydrogen (secondary N) is 1. The van der Waals surface area contributed by atoms with Crippen molar-refractivity contribution in [3.8, 4) is 0 Å².